The highest BCUT2D eigenvalue weighted by Crippen LogP contribution is 2.22. The molecule has 0 aliphatic carbocycles. The van der Waals surface area contributed by atoms with E-state index in [0.717, 1.165) is 12.2 Å². The van der Waals surface area contributed by atoms with Crippen LogP contribution in [0.15, 0.2) is 35.1 Å². The highest BCUT2D eigenvalue weighted by molar-refractivity contribution is 5.95. The molecule has 4 rings (SSSR count). The van der Waals surface area contributed by atoms with Crippen molar-refractivity contribution in [2.75, 3.05) is 0 Å². The molecule has 1 aromatic heterocycles. The maximum atomic E-state index is 11.7. The highest BCUT2D eigenvalue weighted by atomic mass is 16.5. The fourth-order valence-corrected chi connectivity index (χ4v) is 1.63. The first-order valence-electron chi connectivity index (χ1n) is 5.28. The van der Waals surface area contributed by atoms with Crippen LogP contribution in [0, 0.1) is 0 Å². The summed E-state index contributed by atoms with van der Waals surface area (Å²) in [5.41, 5.74) is -0.0785. The van der Waals surface area contributed by atoms with Gasteiger partial charge in [0, 0.05) is 12.2 Å². The summed E-state index contributed by atoms with van der Waals surface area (Å²) in [5, 5.41) is 0. The molecular weight excluding hydrogens is 252 g/mol. The Hall–Kier alpha value is -2.96. The van der Waals surface area contributed by atoms with Gasteiger partial charge in [-0.2, -0.15) is 0 Å². The lowest BCUT2D eigenvalue weighted by molar-refractivity contribution is -0.131. The number of carbonyl (C=O) groups is 2. The number of ether oxygens (including phenoxy) is 2. The molecule has 0 radical (unpaired) electrons. The summed E-state index contributed by atoms with van der Waals surface area (Å²) in [4.78, 5) is 40.9. The first-order valence-corrected chi connectivity index (χ1v) is 5.28. The van der Waals surface area contributed by atoms with Crippen LogP contribution in [0.5, 0.6) is 11.6 Å². The number of esters is 2. The third-order valence-electron chi connectivity index (χ3n) is 2.42. The van der Waals surface area contributed by atoms with Crippen molar-refractivity contribution in [1.29, 1.82) is 0 Å². The van der Waals surface area contributed by atoms with Gasteiger partial charge in [-0.05, 0) is 12.1 Å². The average Bonchev–Trinajstić information content (AvgIpc) is 2.40. The van der Waals surface area contributed by atoms with E-state index in [4.69, 9.17) is 9.47 Å². The van der Waals surface area contributed by atoms with E-state index in [1.165, 1.54) is 6.07 Å². The molecule has 2 aliphatic rings. The first kappa shape index (κ1) is 11.1. The van der Waals surface area contributed by atoms with Crippen molar-refractivity contribution in [2.24, 2.45) is 0 Å². The molecule has 0 fully saturated rings. The smallest absolute Gasteiger partial charge is 0.337 e. The third kappa shape index (κ3) is 1.97. The Bertz CT molecular complexity index is 790. The Kier molecular flexibility index (Phi) is 2.38. The van der Waals surface area contributed by atoms with Crippen molar-refractivity contribution in [3.8, 4) is 11.6 Å². The van der Waals surface area contributed by atoms with Gasteiger partial charge in [-0.3, -0.25) is 4.79 Å². The Morgan fingerprint density at radius 3 is 2.53 bits per heavy atom. The van der Waals surface area contributed by atoms with E-state index in [-0.39, 0.29) is 17.1 Å². The lowest BCUT2D eigenvalue weighted by atomic mass is 10.3. The quantitative estimate of drug-likeness (QED) is 0.539. The molecule has 0 amide bonds. The van der Waals surface area contributed by atoms with Crippen molar-refractivity contribution in [2.45, 2.75) is 0 Å². The van der Waals surface area contributed by atoms with E-state index < -0.39 is 17.5 Å². The summed E-state index contributed by atoms with van der Waals surface area (Å²) >= 11 is 0. The monoisotopic (exact) mass is 258 g/mol. The minimum atomic E-state index is -0.885. The summed E-state index contributed by atoms with van der Waals surface area (Å²) in [5.74, 6) is -1.87. The van der Waals surface area contributed by atoms with Crippen molar-refractivity contribution >= 4 is 23.0 Å². The number of aromatic nitrogens is 2. The fraction of sp³-hybridized carbons (Fsp3) is 0. The maximum absolute atomic E-state index is 11.7. The third-order valence-corrected chi connectivity index (χ3v) is 2.42. The molecule has 94 valence electrons. The van der Waals surface area contributed by atoms with E-state index in [2.05, 4.69) is 9.97 Å². The number of fused-ring (bicyclic) bond motifs is 5. The van der Waals surface area contributed by atoms with Crippen LogP contribution >= 0.6 is 0 Å². The van der Waals surface area contributed by atoms with Gasteiger partial charge in [0.2, 0.25) is 0 Å². The van der Waals surface area contributed by atoms with Gasteiger partial charge in [0.1, 0.15) is 5.52 Å². The minimum absolute atomic E-state index is 0.151. The molecule has 3 heterocycles. The summed E-state index contributed by atoms with van der Waals surface area (Å²) in [7, 11) is 0. The molecule has 2 aliphatic heterocycles. The van der Waals surface area contributed by atoms with Crippen LogP contribution in [0.25, 0.3) is 11.0 Å². The average molecular weight is 258 g/mol. The summed E-state index contributed by atoms with van der Waals surface area (Å²) in [6.07, 6.45) is 1.78. The van der Waals surface area contributed by atoms with Gasteiger partial charge < -0.3 is 14.5 Å². The molecular formula is C12H6N2O5. The molecule has 7 heteroatoms. The number of nitrogens with zero attached hydrogens (tertiary/aromatic N) is 1. The van der Waals surface area contributed by atoms with Crippen LogP contribution in [0.2, 0.25) is 0 Å². The summed E-state index contributed by atoms with van der Waals surface area (Å²) < 4.78 is 9.75. The van der Waals surface area contributed by atoms with Crippen LogP contribution in [0.3, 0.4) is 0 Å². The SMILES string of the molecule is O=C1/C=C\C(=O)Oc2cccc3nc(c(=O)[nH]c23)O1. The zero-order chi connectivity index (χ0) is 13.4. The summed E-state index contributed by atoms with van der Waals surface area (Å²) in [6, 6.07) is 4.70. The Labute approximate surface area is 105 Å². The number of nitrogens with one attached hydrogen (secondary N) is 1. The zero-order valence-electron chi connectivity index (χ0n) is 9.38. The lowest BCUT2D eigenvalue weighted by Gasteiger charge is -2.05. The molecule has 4 bridgehead atoms. The second-order valence-corrected chi connectivity index (χ2v) is 3.70. The Balaban J connectivity index is 2.34. The second kappa shape index (κ2) is 4.05. The number of carbonyl (C=O) groups excluding carboxylic acids is 2. The van der Waals surface area contributed by atoms with Crippen LogP contribution in [-0.4, -0.2) is 21.9 Å². The second-order valence-electron chi connectivity index (χ2n) is 3.70. The van der Waals surface area contributed by atoms with E-state index >= 15 is 0 Å². The molecule has 0 atom stereocenters. The molecule has 19 heavy (non-hydrogen) atoms. The van der Waals surface area contributed by atoms with Gasteiger partial charge in [-0.1, -0.05) is 6.07 Å². The van der Waals surface area contributed by atoms with Crippen LogP contribution < -0.4 is 15.0 Å². The Morgan fingerprint density at radius 2 is 1.74 bits per heavy atom. The lowest BCUT2D eigenvalue weighted by Crippen LogP contribution is -2.16. The molecule has 7 nitrogen and oxygen atoms in total. The van der Waals surface area contributed by atoms with E-state index in [1.54, 1.807) is 12.1 Å². The first-order chi connectivity index (χ1) is 9.13. The topological polar surface area (TPSA) is 98.4 Å². The van der Waals surface area contributed by atoms with Gasteiger partial charge in [0.25, 0.3) is 5.88 Å². The standard InChI is InChI=1S/C12H6N2O5/c15-8-4-5-9(16)19-12-11(17)14-10-6(13-12)2-1-3-7(10)18-8/h1-5H,(H,14,17)/b5-4-. The molecule has 1 aromatic carbocycles. The molecule has 0 saturated heterocycles. The number of hydrogen-bond acceptors (Lipinski definition) is 6. The van der Waals surface area contributed by atoms with Crippen molar-refractivity contribution in [3.05, 3.63) is 40.7 Å². The van der Waals surface area contributed by atoms with Crippen LogP contribution in [-0.2, 0) is 9.59 Å². The number of benzene rings is 1. The summed E-state index contributed by atoms with van der Waals surface area (Å²) in [6.45, 7) is 0. The molecule has 1 N–H and O–H groups in total. The maximum Gasteiger partial charge on any atom is 0.337 e. The molecule has 0 saturated carbocycles. The zero-order valence-corrected chi connectivity index (χ0v) is 9.38. The number of aromatic amines is 1. The number of para-hydroxylation sites is 1. The molecule has 2 aromatic rings. The van der Waals surface area contributed by atoms with Crippen LogP contribution in [0.1, 0.15) is 0 Å². The Morgan fingerprint density at radius 1 is 1.00 bits per heavy atom. The van der Waals surface area contributed by atoms with E-state index in [1.807, 2.05) is 0 Å². The van der Waals surface area contributed by atoms with Gasteiger partial charge in [-0.25, -0.2) is 14.6 Å². The number of hydrogen-bond donors (Lipinski definition) is 1. The molecule has 0 unspecified atom stereocenters. The molecule has 0 spiro atoms. The van der Waals surface area contributed by atoms with Gasteiger partial charge in [-0.15, -0.1) is 0 Å². The van der Waals surface area contributed by atoms with Gasteiger partial charge >= 0.3 is 17.5 Å². The van der Waals surface area contributed by atoms with Gasteiger partial charge in [0.15, 0.2) is 5.75 Å². The normalized spacial score (nSPS) is 16.0. The predicted molar refractivity (Wildman–Crippen MR) is 62.8 cm³/mol. The van der Waals surface area contributed by atoms with Crippen molar-refractivity contribution < 1.29 is 19.1 Å². The fourth-order valence-electron chi connectivity index (χ4n) is 1.63. The minimum Gasteiger partial charge on any atom is -0.421 e. The van der Waals surface area contributed by atoms with Crippen molar-refractivity contribution in [1.82, 2.24) is 9.97 Å². The highest BCUT2D eigenvalue weighted by Gasteiger charge is 2.15. The van der Waals surface area contributed by atoms with E-state index in [0.29, 0.717) is 5.52 Å². The number of H-pyrrole nitrogens is 1. The van der Waals surface area contributed by atoms with Crippen molar-refractivity contribution in [3.63, 3.8) is 0 Å². The van der Waals surface area contributed by atoms with Gasteiger partial charge in [0.05, 0.1) is 5.52 Å². The van der Waals surface area contributed by atoms with E-state index in [9.17, 15) is 14.4 Å². The predicted octanol–water partition coefficient (Wildman–Crippen LogP) is 0.304. The van der Waals surface area contributed by atoms with Crippen LogP contribution in [0.4, 0.5) is 0 Å². The number of rotatable bonds is 0. The largest absolute Gasteiger partial charge is 0.421 e.